The zero-order valence-corrected chi connectivity index (χ0v) is 22.2. The fourth-order valence-corrected chi connectivity index (χ4v) is 5.21. The molecule has 0 amide bonds. The molecule has 0 aliphatic carbocycles. The van der Waals surface area contributed by atoms with Gasteiger partial charge in [-0.2, -0.15) is 18.2 Å². The Bertz CT molecular complexity index is 1010. The van der Waals surface area contributed by atoms with Gasteiger partial charge in [0.1, 0.15) is 5.60 Å². The molecule has 1 atom stereocenters. The first kappa shape index (κ1) is 30.0. The van der Waals surface area contributed by atoms with E-state index in [-0.39, 0.29) is 37.8 Å². The standard InChI is InChI=1S/C24H34F3N2O6P/c1-6-32-36(31,33-7-2)19(22(30)34-23(3,4)5)16-20-28-21(29-35-20)18-13-11-17(12-14-18)10-8-9-15-24(25,26)27/h11-14,19H,6-10,15-16H2,1-5H3. The summed E-state index contributed by atoms with van der Waals surface area (Å²) < 4.78 is 71.8. The van der Waals surface area contributed by atoms with Crippen molar-refractivity contribution in [2.75, 3.05) is 13.2 Å². The lowest BCUT2D eigenvalue weighted by molar-refractivity contribution is -0.154. The molecule has 36 heavy (non-hydrogen) atoms. The third kappa shape index (κ3) is 9.67. The molecule has 0 saturated carbocycles. The number of aromatic nitrogens is 2. The van der Waals surface area contributed by atoms with Crippen LogP contribution in [0.3, 0.4) is 0 Å². The molecule has 0 fully saturated rings. The Kier molecular flexibility index (Phi) is 10.7. The molecule has 0 radical (unpaired) electrons. The first-order valence-corrected chi connectivity index (χ1v) is 13.5. The normalized spacial score (nSPS) is 13.6. The van der Waals surface area contributed by atoms with Gasteiger partial charge >= 0.3 is 19.7 Å². The third-order valence-corrected chi connectivity index (χ3v) is 7.30. The summed E-state index contributed by atoms with van der Waals surface area (Å²) in [4.78, 5) is 17.3. The fourth-order valence-electron chi connectivity index (χ4n) is 3.37. The number of unbranched alkanes of at least 4 members (excludes halogenated alkanes) is 1. The number of halogens is 3. The number of rotatable bonds is 13. The SMILES string of the molecule is CCOP(=O)(OCC)C(Cc1nc(-c2ccc(CCCCC(F)(F)F)cc2)no1)C(=O)OC(C)(C)C. The van der Waals surface area contributed by atoms with Crippen LogP contribution in [0.15, 0.2) is 28.8 Å². The van der Waals surface area contributed by atoms with E-state index in [0.717, 1.165) is 5.56 Å². The average Bonchev–Trinajstić information content (AvgIpc) is 3.23. The Morgan fingerprint density at radius 1 is 1.06 bits per heavy atom. The molecule has 0 aliphatic heterocycles. The molecular weight excluding hydrogens is 500 g/mol. The summed E-state index contributed by atoms with van der Waals surface area (Å²) in [6.07, 6.45) is -4.11. The van der Waals surface area contributed by atoms with Gasteiger partial charge in [-0.3, -0.25) is 9.36 Å². The van der Waals surface area contributed by atoms with Crippen LogP contribution in [0.25, 0.3) is 11.4 Å². The lowest BCUT2D eigenvalue weighted by Crippen LogP contribution is -2.34. The Morgan fingerprint density at radius 3 is 2.19 bits per heavy atom. The zero-order valence-electron chi connectivity index (χ0n) is 21.3. The number of alkyl halides is 3. The second-order valence-electron chi connectivity index (χ2n) is 9.16. The van der Waals surface area contributed by atoms with Crippen molar-refractivity contribution in [3.05, 3.63) is 35.7 Å². The topological polar surface area (TPSA) is 101 Å². The Morgan fingerprint density at radius 2 is 1.67 bits per heavy atom. The van der Waals surface area contributed by atoms with Gasteiger partial charge < -0.3 is 18.3 Å². The predicted octanol–water partition coefficient (Wildman–Crippen LogP) is 6.53. The second-order valence-corrected chi connectivity index (χ2v) is 11.4. The number of esters is 1. The largest absolute Gasteiger partial charge is 0.459 e. The molecule has 0 spiro atoms. The van der Waals surface area contributed by atoms with E-state index in [2.05, 4.69) is 10.1 Å². The molecule has 1 aromatic heterocycles. The highest BCUT2D eigenvalue weighted by Gasteiger charge is 2.44. The van der Waals surface area contributed by atoms with Crippen LogP contribution in [0.5, 0.6) is 0 Å². The van der Waals surface area contributed by atoms with Gasteiger partial charge in [-0.25, -0.2) is 0 Å². The summed E-state index contributed by atoms with van der Waals surface area (Å²) in [6.45, 7) is 8.49. The molecule has 0 bridgehead atoms. The maximum Gasteiger partial charge on any atom is 0.389 e. The summed E-state index contributed by atoms with van der Waals surface area (Å²) in [7, 11) is -3.90. The minimum Gasteiger partial charge on any atom is -0.459 e. The van der Waals surface area contributed by atoms with Gasteiger partial charge in [-0.15, -0.1) is 0 Å². The number of aryl methyl sites for hydroxylation is 1. The number of carbonyl (C=O) groups is 1. The molecule has 2 rings (SSSR count). The minimum absolute atomic E-state index is 0.0525. The van der Waals surface area contributed by atoms with E-state index in [0.29, 0.717) is 18.4 Å². The van der Waals surface area contributed by atoms with Crippen LogP contribution in [0, 0.1) is 0 Å². The molecule has 0 N–H and O–H groups in total. The molecule has 8 nitrogen and oxygen atoms in total. The van der Waals surface area contributed by atoms with E-state index in [9.17, 15) is 22.5 Å². The van der Waals surface area contributed by atoms with E-state index >= 15 is 0 Å². The van der Waals surface area contributed by atoms with Crippen LogP contribution >= 0.6 is 7.60 Å². The van der Waals surface area contributed by atoms with Crippen molar-refractivity contribution in [1.82, 2.24) is 10.1 Å². The summed E-state index contributed by atoms with van der Waals surface area (Å²) in [5, 5.41) is 3.95. The summed E-state index contributed by atoms with van der Waals surface area (Å²) in [6, 6.07) is 7.07. The number of hydrogen-bond acceptors (Lipinski definition) is 8. The number of nitrogens with zero attached hydrogens (tertiary/aromatic N) is 2. The first-order chi connectivity index (χ1) is 16.8. The highest BCUT2D eigenvalue weighted by atomic mass is 31.2. The highest BCUT2D eigenvalue weighted by molar-refractivity contribution is 7.55. The molecule has 0 aliphatic rings. The van der Waals surface area contributed by atoms with Crippen LogP contribution in [0.2, 0.25) is 0 Å². The fraction of sp³-hybridized carbons (Fsp3) is 0.625. The van der Waals surface area contributed by atoms with E-state index in [1.807, 2.05) is 0 Å². The molecular formula is C24H34F3N2O6P. The van der Waals surface area contributed by atoms with Gasteiger partial charge in [0.2, 0.25) is 11.7 Å². The van der Waals surface area contributed by atoms with Crippen LogP contribution in [0.4, 0.5) is 13.2 Å². The first-order valence-electron chi connectivity index (χ1n) is 11.9. The van der Waals surface area contributed by atoms with Crippen LogP contribution in [-0.2, 0) is 36.0 Å². The quantitative estimate of drug-likeness (QED) is 0.162. The smallest absolute Gasteiger partial charge is 0.389 e. The van der Waals surface area contributed by atoms with Gasteiger partial charge in [-0.1, -0.05) is 29.4 Å². The molecule has 2 aromatic rings. The number of hydrogen-bond donors (Lipinski definition) is 0. The molecule has 202 valence electrons. The van der Waals surface area contributed by atoms with E-state index in [4.69, 9.17) is 18.3 Å². The van der Waals surface area contributed by atoms with E-state index < -0.39 is 37.4 Å². The van der Waals surface area contributed by atoms with E-state index in [1.54, 1.807) is 58.9 Å². The minimum atomic E-state index is -4.14. The van der Waals surface area contributed by atoms with E-state index in [1.165, 1.54) is 0 Å². The maximum absolute atomic E-state index is 13.4. The third-order valence-electron chi connectivity index (χ3n) is 4.90. The van der Waals surface area contributed by atoms with Crippen molar-refractivity contribution in [1.29, 1.82) is 0 Å². The number of carbonyl (C=O) groups excluding carboxylic acids is 1. The van der Waals surface area contributed by atoms with Crippen molar-refractivity contribution in [3.63, 3.8) is 0 Å². The van der Waals surface area contributed by atoms with Crippen LogP contribution in [-0.4, -0.2) is 46.8 Å². The Balaban J connectivity index is 2.15. The van der Waals surface area contributed by atoms with Crippen molar-refractivity contribution >= 4 is 13.6 Å². The van der Waals surface area contributed by atoms with Gasteiger partial charge in [-0.05, 0) is 59.4 Å². The lowest BCUT2D eigenvalue weighted by atomic mass is 10.0. The van der Waals surface area contributed by atoms with Crippen molar-refractivity contribution < 1.29 is 40.8 Å². The van der Waals surface area contributed by atoms with Crippen LogP contribution < -0.4 is 0 Å². The summed E-state index contributed by atoms with van der Waals surface area (Å²) in [5.74, 6) is -0.460. The monoisotopic (exact) mass is 534 g/mol. The van der Waals surface area contributed by atoms with Crippen molar-refractivity contribution in [2.45, 2.75) is 84.2 Å². The molecule has 12 heteroatoms. The van der Waals surface area contributed by atoms with Gasteiger partial charge in [0.05, 0.1) is 19.6 Å². The maximum atomic E-state index is 13.4. The van der Waals surface area contributed by atoms with Crippen molar-refractivity contribution in [3.8, 4) is 11.4 Å². The second kappa shape index (κ2) is 12.8. The summed E-state index contributed by atoms with van der Waals surface area (Å²) in [5.41, 5.74) is -0.615. The Hall–Kier alpha value is -2.23. The number of benzene rings is 1. The van der Waals surface area contributed by atoms with Gasteiger partial charge in [0.15, 0.2) is 5.66 Å². The summed E-state index contributed by atoms with van der Waals surface area (Å²) >= 11 is 0. The molecule has 1 heterocycles. The zero-order chi connectivity index (χ0) is 27.0. The van der Waals surface area contributed by atoms with Crippen molar-refractivity contribution in [2.24, 2.45) is 0 Å². The average molecular weight is 535 g/mol. The highest BCUT2D eigenvalue weighted by Crippen LogP contribution is 2.54. The molecule has 1 aromatic carbocycles. The van der Waals surface area contributed by atoms with Gasteiger partial charge in [0, 0.05) is 12.0 Å². The Labute approximate surface area is 209 Å². The molecule has 0 saturated heterocycles. The number of ether oxygens (including phenoxy) is 1. The van der Waals surface area contributed by atoms with Crippen LogP contribution in [0.1, 0.15) is 65.3 Å². The van der Waals surface area contributed by atoms with Gasteiger partial charge in [0.25, 0.3) is 0 Å². The lowest BCUT2D eigenvalue weighted by Gasteiger charge is -2.27. The molecule has 1 unspecified atom stereocenters. The predicted molar refractivity (Wildman–Crippen MR) is 128 cm³/mol.